The number of carbonyl (C=O) groups is 1. The maximum atomic E-state index is 11.8. The van der Waals surface area contributed by atoms with Crippen LogP contribution < -0.4 is 11.1 Å². The highest BCUT2D eigenvalue weighted by Crippen LogP contribution is 2.21. The number of hydrogen-bond donors (Lipinski definition) is 2. The van der Waals surface area contributed by atoms with Crippen molar-refractivity contribution in [3.05, 3.63) is 30.1 Å². The summed E-state index contributed by atoms with van der Waals surface area (Å²) in [4.78, 5) is 15.8. The zero-order valence-corrected chi connectivity index (χ0v) is 11.4. The standard InChI is InChI=1S/C14H23N3O/c1-11(4-7-15)13(18)17-10-14(2,3)12-5-8-16-9-6-12/h5-6,8-9,11H,4,7,10,15H2,1-3H3,(H,17,18). The van der Waals surface area contributed by atoms with Crippen LogP contribution in [0, 0.1) is 5.92 Å². The van der Waals surface area contributed by atoms with Crippen LogP contribution in [0.3, 0.4) is 0 Å². The molecule has 0 aliphatic carbocycles. The Labute approximate surface area is 109 Å². The van der Waals surface area contributed by atoms with Crippen LogP contribution in [0.15, 0.2) is 24.5 Å². The number of aromatic nitrogens is 1. The van der Waals surface area contributed by atoms with Crippen molar-refractivity contribution >= 4 is 5.91 Å². The molecule has 1 amide bonds. The third-order valence-corrected chi connectivity index (χ3v) is 3.21. The average Bonchev–Trinajstić information content (AvgIpc) is 2.37. The van der Waals surface area contributed by atoms with Crippen molar-refractivity contribution in [3.8, 4) is 0 Å². The lowest BCUT2D eigenvalue weighted by atomic mass is 9.85. The van der Waals surface area contributed by atoms with Crippen LogP contribution in [0.5, 0.6) is 0 Å². The van der Waals surface area contributed by atoms with E-state index in [0.717, 1.165) is 6.42 Å². The second kappa shape index (κ2) is 6.50. The van der Waals surface area contributed by atoms with Gasteiger partial charge in [0, 0.05) is 30.3 Å². The Balaban J connectivity index is 2.55. The molecule has 4 heteroatoms. The molecule has 0 aliphatic heterocycles. The maximum Gasteiger partial charge on any atom is 0.222 e. The Kier molecular flexibility index (Phi) is 5.28. The van der Waals surface area contributed by atoms with E-state index in [1.54, 1.807) is 12.4 Å². The number of amides is 1. The maximum absolute atomic E-state index is 11.8. The van der Waals surface area contributed by atoms with E-state index >= 15 is 0 Å². The molecule has 1 aromatic heterocycles. The molecule has 0 radical (unpaired) electrons. The van der Waals surface area contributed by atoms with Crippen LogP contribution in [0.4, 0.5) is 0 Å². The SMILES string of the molecule is CC(CCN)C(=O)NCC(C)(C)c1ccncc1. The van der Waals surface area contributed by atoms with Crippen molar-refractivity contribution in [3.63, 3.8) is 0 Å². The fourth-order valence-electron chi connectivity index (χ4n) is 1.77. The van der Waals surface area contributed by atoms with Crippen LogP contribution in [0.2, 0.25) is 0 Å². The minimum atomic E-state index is -0.0962. The molecule has 0 saturated carbocycles. The molecule has 0 fully saturated rings. The predicted octanol–water partition coefficient (Wildman–Crippen LogP) is 1.46. The van der Waals surface area contributed by atoms with Crippen LogP contribution in [-0.2, 0) is 10.2 Å². The molecule has 0 saturated heterocycles. The Morgan fingerprint density at radius 2 is 2.06 bits per heavy atom. The van der Waals surface area contributed by atoms with E-state index in [0.29, 0.717) is 13.1 Å². The van der Waals surface area contributed by atoms with Gasteiger partial charge in [0.05, 0.1) is 0 Å². The number of pyridine rings is 1. The van der Waals surface area contributed by atoms with E-state index in [2.05, 4.69) is 24.1 Å². The van der Waals surface area contributed by atoms with Crippen LogP contribution >= 0.6 is 0 Å². The van der Waals surface area contributed by atoms with Gasteiger partial charge in [-0.15, -0.1) is 0 Å². The van der Waals surface area contributed by atoms with Gasteiger partial charge in [-0.2, -0.15) is 0 Å². The number of nitrogens with zero attached hydrogens (tertiary/aromatic N) is 1. The molecule has 4 nitrogen and oxygen atoms in total. The first kappa shape index (κ1) is 14.6. The molecular weight excluding hydrogens is 226 g/mol. The summed E-state index contributed by atoms with van der Waals surface area (Å²) in [5.41, 5.74) is 6.53. The normalized spacial score (nSPS) is 13.1. The van der Waals surface area contributed by atoms with Crippen LogP contribution in [-0.4, -0.2) is 24.0 Å². The summed E-state index contributed by atoms with van der Waals surface area (Å²) in [5.74, 6) is 0.0471. The fourth-order valence-corrected chi connectivity index (χ4v) is 1.77. The highest BCUT2D eigenvalue weighted by molar-refractivity contribution is 5.78. The van der Waals surface area contributed by atoms with Gasteiger partial charge in [-0.1, -0.05) is 20.8 Å². The second-order valence-electron chi connectivity index (χ2n) is 5.32. The Morgan fingerprint density at radius 1 is 1.44 bits per heavy atom. The first-order chi connectivity index (χ1) is 8.47. The lowest BCUT2D eigenvalue weighted by Gasteiger charge is -2.26. The molecule has 1 heterocycles. The minimum Gasteiger partial charge on any atom is -0.355 e. The molecule has 0 spiro atoms. The summed E-state index contributed by atoms with van der Waals surface area (Å²) in [6.45, 7) is 7.28. The van der Waals surface area contributed by atoms with Crippen molar-refractivity contribution in [1.29, 1.82) is 0 Å². The van der Waals surface area contributed by atoms with E-state index in [4.69, 9.17) is 5.73 Å². The van der Waals surface area contributed by atoms with Gasteiger partial charge in [-0.25, -0.2) is 0 Å². The summed E-state index contributed by atoms with van der Waals surface area (Å²) in [7, 11) is 0. The van der Waals surface area contributed by atoms with Crippen LogP contribution in [0.1, 0.15) is 32.8 Å². The monoisotopic (exact) mass is 249 g/mol. The van der Waals surface area contributed by atoms with Gasteiger partial charge >= 0.3 is 0 Å². The van der Waals surface area contributed by atoms with Crippen molar-refractivity contribution in [2.24, 2.45) is 11.7 Å². The van der Waals surface area contributed by atoms with Gasteiger partial charge in [0.2, 0.25) is 5.91 Å². The Hall–Kier alpha value is -1.42. The lowest BCUT2D eigenvalue weighted by Crippen LogP contribution is -2.39. The number of hydrogen-bond acceptors (Lipinski definition) is 3. The molecule has 0 bridgehead atoms. The number of nitrogens with two attached hydrogens (primary N) is 1. The zero-order chi connectivity index (χ0) is 13.6. The Morgan fingerprint density at radius 3 is 2.61 bits per heavy atom. The smallest absolute Gasteiger partial charge is 0.222 e. The van der Waals surface area contributed by atoms with E-state index in [-0.39, 0.29) is 17.2 Å². The third-order valence-electron chi connectivity index (χ3n) is 3.21. The van der Waals surface area contributed by atoms with Gasteiger partial charge in [-0.3, -0.25) is 9.78 Å². The van der Waals surface area contributed by atoms with Crippen molar-refractivity contribution in [2.75, 3.05) is 13.1 Å². The molecule has 1 atom stereocenters. The highest BCUT2D eigenvalue weighted by atomic mass is 16.1. The van der Waals surface area contributed by atoms with Gasteiger partial charge in [-0.05, 0) is 30.7 Å². The first-order valence-corrected chi connectivity index (χ1v) is 6.35. The molecule has 0 aliphatic rings. The topological polar surface area (TPSA) is 68.0 Å². The van der Waals surface area contributed by atoms with Gasteiger partial charge in [0.1, 0.15) is 0 Å². The van der Waals surface area contributed by atoms with Gasteiger partial charge < -0.3 is 11.1 Å². The van der Waals surface area contributed by atoms with E-state index in [1.807, 2.05) is 19.1 Å². The second-order valence-corrected chi connectivity index (χ2v) is 5.32. The van der Waals surface area contributed by atoms with Crippen molar-refractivity contribution < 1.29 is 4.79 Å². The third kappa shape index (κ3) is 4.11. The Bertz CT molecular complexity index is 376. The molecule has 100 valence electrons. The van der Waals surface area contributed by atoms with Gasteiger partial charge in [0.25, 0.3) is 0 Å². The van der Waals surface area contributed by atoms with E-state index < -0.39 is 0 Å². The summed E-state index contributed by atoms with van der Waals surface area (Å²) >= 11 is 0. The first-order valence-electron chi connectivity index (χ1n) is 6.35. The summed E-state index contributed by atoms with van der Waals surface area (Å²) < 4.78 is 0. The number of nitrogens with one attached hydrogen (secondary N) is 1. The molecule has 3 N–H and O–H groups in total. The number of carbonyl (C=O) groups excluding carboxylic acids is 1. The molecule has 1 rings (SSSR count). The molecule has 0 aromatic carbocycles. The molecule has 18 heavy (non-hydrogen) atoms. The largest absolute Gasteiger partial charge is 0.355 e. The van der Waals surface area contributed by atoms with Crippen molar-refractivity contribution in [1.82, 2.24) is 10.3 Å². The average molecular weight is 249 g/mol. The highest BCUT2D eigenvalue weighted by Gasteiger charge is 2.22. The van der Waals surface area contributed by atoms with Crippen LogP contribution in [0.25, 0.3) is 0 Å². The lowest BCUT2D eigenvalue weighted by molar-refractivity contribution is -0.124. The predicted molar refractivity (Wildman–Crippen MR) is 73.1 cm³/mol. The van der Waals surface area contributed by atoms with Gasteiger partial charge in [0.15, 0.2) is 0 Å². The molecular formula is C14H23N3O. The fraction of sp³-hybridized carbons (Fsp3) is 0.571. The quantitative estimate of drug-likeness (QED) is 0.802. The summed E-state index contributed by atoms with van der Waals surface area (Å²) in [6, 6.07) is 3.96. The molecule has 1 unspecified atom stereocenters. The van der Waals surface area contributed by atoms with E-state index in [9.17, 15) is 4.79 Å². The zero-order valence-electron chi connectivity index (χ0n) is 11.4. The summed E-state index contributed by atoms with van der Waals surface area (Å²) in [5, 5.41) is 2.99. The van der Waals surface area contributed by atoms with Crippen molar-refractivity contribution in [2.45, 2.75) is 32.6 Å². The minimum absolute atomic E-state index is 0.0248. The molecule has 1 aromatic rings. The summed E-state index contributed by atoms with van der Waals surface area (Å²) in [6.07, 6.45) is 4.27. The number of rotatable bonds is 6. The van der Waals surface area contributed by atoms with E-state index in [1.165, 1.54) is 5.56 Å².